The number of fused-ring (bicyclic) bond motifs is 1. The van der Waals surface area contributed by atoms with E-state index in [1.165, 1.54) is 22.4 Å². The van der Waals surface area contributed by atoms with Crippen molar-refractivity contribution in [2.75, 3.05) is 24.3 Å². The first kappa shape index (κ1) is 12.9. The third-order valence-corrected chi connectivity index (χ3v) is 3.76. The van der Waals surface area contributed by atoms with Crippen LogP contribution < -0.4 is 15.4 Å². The third-order valence-electron chi connectivity index (χ3n) is 3.76. The monoisotopic (exact) mass is 268 g/mol. The Balaban J connectivity index is 1.80. The minimum Gasteiger partial charge on any atom is -0.495 e. The second kappa shape index (κ2) is 5.45. The standard InChI is InChI=1S/C17H20N2O/c1-12-6-7-16(20-2)15(10-12)19-11-14-5-3-4-13-8-9-18-17(13)14/h3-7,10,18-19H,8-9,11H2,1-2H3. The fraction of sp³-hybridized carbons (Fsp3) is 0.294. The molecule has 0 saturated carbocycles. The molecule has 3 nitrogen and oxygen atoms in total. The number of rotatable bonds is 4. The van der Waals surface area contributed by atoms with E-state index in [0.29, 0.717) is 0 Å². The van der Waals surface area contributed by atoms with Crippen molar-refractivity contribution in [3.63, 3.8) is 0 Å². The predicted molar refractivity (Wildman–Crippen MR) is 83.7 cm³/mol. The zero-order valence-corrected chi connectivity index (χ0v) is 12.0. The maximum absolute atomic E-state index is 5.40. The van der Waals surface area contributed by atoms with Gasteiger partial charge in [0.15, 0.2) is 0 Å². The lowest BCUT2D eigenvalue weighted by Gasteiger charge is -2.14. The minimum absolute atomic E-state index is 0.802. The average Bonchev–Trinajstić information content (AvgIpc) is 2.94. The maximum Gasteiger partial charge on any atom is 0.141 e. The molecule has 1 aliphatic rings. The van der Waals surface area contributed by atoms with Gasteiger partial charge in [0.2, 0.25) is 0 Å². The number of para-hydroxylation sites is 1. The van der Waals surface area contributed by atoms with E-state index in [-0.39, 0.29) is 0 Å². The number of ether oxygens (including phenoxy) is 1. The van der Waals surface area contributed by atoms with Crippen LogP contribution in [0.15, 0.2) is 36.4 Å². The van der Waals surface area contributed by atoms with Crippen molar-refractivity contribution in [3.05, 3.63) is 53.1 Å². The fourth-order valence-corrected chi connectivity index (χ4v) is 2.71. The zero-order chi connectivity index (χ0) is 13.9. The van der Waals surface area contributed by atoms with Gasteiger partial charge in [-0.2, -0.15) is 0 Å². The van der Waals surface area contributed by atoms with Crippen molar-refractivity contribution in [2.24, 2.45) is 0 Å². The first-order chi connectivity index (χ1) is 9.78. The van der Waals surface area contributed by atoms with Gasteiger partial charge in [0.05, 0.1) is 12.8 Å². The molecule has 0 amide bonds. The van der Waals surface area contributed by atoms with Gasteiger partial charge in [0.1, 0.15) is 5.75 Å². The smallest absolute Gasteiger partial charge is 0.141 e. The molecule has 0 spiro atoms. The molecule has 2 aromatic carbocycles. The van der Waals surface area contributed by atoms with Crippen molar-refractivity contribution in [3.8, 4) is 5.75 Å². The SMILES string of the molecule is COc1ccc(C)cc1NCc1cccc2c1NCC2. The summed E-state index contributed by atoms with van der Waals surface area (Å²) in [4.78, 5) is 0. The van der Waals surface area contributed by atoms with Crippen LogP contribution in [0.3, 0.4) is 0 Å². The van der Waals surface area contributed by atoms with Crippen LogP contribution in [0.25, 0.3) is 0 Å². The van der Waals surface area contributed by atoms with Crippen LogP contribution in [0.4, 0.5) is 11.4 Å². The summed E-state index contributed by atoms with van der Waals surface area (Å²) >= 11 is 0. The number of aryl methyl sites for hydroxylation is 1. The van der Waals surface area contributed by atoms with Gasteiger partial charge in [0, 0.05) is 18.8 Å². The molecule has 0 aliphatic carbocycles. The van der Waals surface area contributed by atoms with Gasteiger partial charge in [-0.15, -0.1) is 0 Å². The highest BCUT2D eigenvalue weighted by atomic mass is 16.5. The third kappa shape index (κ3) is 2.44. The molecule has 3 rings (SSSR count). The van der Waals surface area contributed by atoms with Crippen LogP contribution in [0, 0.1) is 6.92 Å². The summed E-state index contributed by atoms with van der Waals surface area (Å²) in [5.74, 6) is 0.885. The Labute approximate surface area is 120 Å². The quantitative estimate of drug-likeness (QED) is 0.889. The number of hydrogen-bond donors (Lipinski definition) is 2. The number of benzene rings is 2. The van der Waals surface area contributed by atoms with Crippen molar-refractivity contribution in [1.29, 1.82) is 0 Å². The first-order valence-corrected chi connectivity index (χ1v) is 7.01. The van der Waals surface area contributed by atoms with E-state index in [0.717, 1.165) is 30.9 Å². The largest absolute Gasteiger partial charge is 0.495 e. The summed E-state index contributed by atoms with van der Waals surface area (Å²) in [5.41, 5.74) is 6.29. The molecule has 1 heterocycles. The Hall–Kier alpha value is -2.16. The summed E-state index contributed by atoms with van der Waals surface area (Å²) in [6, 6.07) is 12.7. The number of methoxy groups -OCH3 is 1. The lowest BCUT2D eigenvalue weighted by molar-refractivity contribution is 0.416. The van der Waals surface area contributed by atoms with Crippen molar-refractivity contribution in [1.82, 2.24) is 0 Å². The molecule has 104 valence electrons. The Morgan fingerprint density at radius 1 is 1.25 bits per heavy atom. The van der Waals surface area contributed by atoms with Gasteiger partial charge >= 0.3 is 0 Å². The molecule has 3 heteroatoms. The van der Waals surface area contributed by atoms with E-state index in [1.54, 1.807) is 7.11 Å². The van der Waals surface area contributed by atoms with Crippen LogP contribution in [0.1, 0.15) is 16.7 Å². The van der Waals surface area contributed by atoms with E-state index in [2.05, 4.69) is 47.9 Å². The lowest BCUT2D eigenvalue weighted by Crippen LogP contribution is -2.04. The molecule has 2 aromatic rings. The van der Waals surface area contributed by atoms with E-state index in [1.807, 2.05) is 6.07 Å². The van der Waals surface area contributed by atoms with Crippen LogP contribution in [-0.4, -0.2) is 13.7 Å². The predicted octanol–water partition coefficient (Wildman–Crippen LogP) is 3.58. The van der Waals surface area contributed by atoms with Gasteiger partial charge in [-0.05, 0) is 42.2 Å². The molecule has 0 atom stereocenters. The van der Waals surface area contributed by atoms with Crippen LogP contribution in [-0.2, 0) is 13.0 Å². The summed E-state index contributed by atoms with van der Waals surface area (Å²) in [6.45, 7) is 3.93. The van der Waals surface area contributed by atoms with Gasteiger partial charge in [-0.3, -0.25) is 0 Å². The van der Waals surface area contributed by atoms with E-state index >= 15 is 0 Å². The van der Waals surface area contributed by atoms with E-state index in [9.17, 15) is 0 Å². The molecule has 20 heavy (non-hydrogen) atoms. The highest BCUT2D eigenvalue weighted by Crippen LogP contribution is 2.29. The number of nitrogens with one attached hydrogen (secondary N) is 2. The Morgan fingerprint density at radius 3 is 3.00 bits per heavy atom. The van der Waals surface area contributed by atoms with Gasteiger partial charge in [-0.25, -0.2) is 0 Å². The van der Waals surface area contributed by atoms with Crippen LogP contribution >= 0.6 is 0 Å². The number of anilines is 2. The minimum atomic E-state index is 0.802. The number of hydrogen-bond acceptors (Lipinski definition) is 3. The summed E-state index contributed by atoms with van der Waals surface area (Å²) in [7, 11) is 1.71. The molecule has 0 unspecified atom stereocenters. The average molecular weight is 268 g/mol. The fourth-order valence-electron chi connectivity index (χ4n) is 2.71. The Kier molecular flexibility index (Phi) is 3.50. The normalized spacial score (nSPS) is 12.7. The van der Waals surface area contributed by atoms with Crippen molar-refractivity contribution < 1.29 is 4.74 Å². The molecule has 2 N–H and O–H groups in total. The summed E-state index contributed by atoms with van der Waals surface area (Å²) < 4.78 is 5.40. The Morgan fingerprint density at radius 2 is 2.15 bits per heavy atom. The maximum atomic E-state index is 5.40. The van der Waals surface area contributed by atoms with Gasteiger partial charge in [-0.1, -0.05) is 24.3 Å². The van der Waals surface area contributed by atoms with Crippen molar-refractivity contribution in [2.45, 2.75) is 19.9 Å². The molecular formula is C17H20N2O. The lowest BCUT2D eigenvalue weighted by atomic mass is 10.1. The second-order valence-corrected chi connectivity index (χ2v) is 5.19. The molecule has 0 radical (unpaired) electrons. The first-order valence-electron chi connectivity index (χ1n) is 7.01. The molecule has 1 aliphatic heterocycles. The topological polar surface area (TPSA) is 33.3 Å². The Bertz CT molecular complexity index is 620. The van der Waals surface area contributed by atoms with Crippen LogP contribution in [0.2, 0.25) is 0 Å². The molecular weight excluding hydrogens is 248 g/mol. The highest BCUT2D eigenvalue weighted by molar-refractivity contribution is 5.63. The highest BCUT2D eigenvalue weighted by Gasteiger charge is 2.13. The molecule has 0 aromatic heterocycles. The zero-order valence-electron chi connectivity index (χ0n) is 12.0. The molecule has 0 saturated heterocycles. The summed E-state index contributed by atoms with van der Waals surface area (Å²) in [5, 5.41) is 6.96. The molecule has 0 fully saturated rings. The summed E-state index contributed by atoms with van der Waals surface area (Å²) in [6.07, 6.45) is 1.12. The van der Waals surface area contributed by atoms with Gasteiger partial charge in [0.25, 0.3) is 0 Å². The second-order valence-electron chi connectivity index (χ2n) is 5.19. The van der Waals surface area contributed by atoms with Crippen molar-refractivity contribution >= 4 is 11.4 Å². The van der Waals surface area contributed by atoms with E-state index < -0.39 is 0 Å². The van der Waals surface area contributed by atoms with Gasteiger partial charge < -0.3 is 15.4 Å². The van der Waals surface area contributed by atoms with E-state index in [4.69, 9.17) is 4.74 Å². The van der Waals surface area contributed by atoms with Crippen LogP contribution in [0.5, 0.6) is 5.75 Å². The molecule has 0 bridgehead atoms.